The molecule has 75 heavy (non-hydrogen) atoms. The quantitative estimate of drug-likeness (QED) is 0.0323. The van der Waals surface area contributed by atoms with E-state index in [1.54, 1.807) is 46.8 Å². The molecule has 0 spiro atoms. The highest BCUT2D eigenvalue weighted by atomic mass is 32.2. The van der Waals surface area contributed by atoms with E-state index < -0.39 is 149 Å². The third kappa shape index (κ3) is 23.1. The normalized spacial score (nSPS) is 25.2. The van der Waals surface area contributed by atoms with Gasteiger partial charge in [-0.3, -0.25) is 52.7 Å². The van der Waals surface area contributed by atoms with Crippen molar-refractivity contribution in [1.82, 2.24) is 47.9 Å². The molecule has 0 aromatic carbocycles. The van der Waals surface area contributed by atoms with Crippen LogP contribution < -0.4 is 59.3 Å². The van der Waals surface area contributed by atoms with E-state index in [9.17, 15) is 68.1 Å². The van der Waals surface area contributed by atoms with E-state index in [1.807, 2.05) is 0 Å². The molecule has 0 radical (unpaired) electrons. The lowest BCUT2D eigenvalue weighted by Gasteiger charge is -2.34. The van der Waals surface area contributed by atoms with Crippen molar-refractivity contribution in [1.29, 1.82) is 0 Å². The molecule has 0 aliphatic carbocycles. The van der Waals surface area contributed by atoms with Gasteiger partial charge in [0, 0.05) is 11.0 Å². The van der Waals surface area contributed by atoms with Crippen LogP contribution in [0.3, 0.4) is 0 Å². The molecule has 25 nitrogen and oxygen atoms in total. The summed E-state index contributed by atoms with van der Waals surface area (Å²) in [6.45, 7) is 14.9. The average Bonchev–Trinajstić information content (AvgIpc) is 3.31. The number of amides is 10. The number of carbonyl (C=O) groups excluding carboxylic acids is 10. The maximum atomic E-state index is 14.5. The highest BCUT2D eigenvalue weighted by molar-refractivity contribution is 8.10. The molecule has 1 aliphatic rings. The van der Waals surface area contributed by atoms with E-state index in [0.29, 0.717) is 12.8 Å². The third-order valence-electron chi connectivity index (χ3n) is 12.6. The predicted octanol–water partition coefficient (Wildman–Crippen LogP) is -1.81. The number of carbonyl (C=O) groups is 11. The van der Waals surface area contributed by atoms with E-state index in [0.717, 1.165) is 0 Å². The van der Waals surface area contributed by atoms with Crippen molar-refractivity contribution in [3.8, 4) is 0 Å². The monoisotopic (exact) mass is 1100 g/mol. The highest BCUT2D eigenvalue weighted by Crippen LogP contribution is 2.21. The van der Waals surface area contributed by atoms with Gasteiger partial charge in [-0.25, -0.2) is 0 Å². The summed E-state index contributed by atoms with van der Waals surface area (Å²) in [5.74, 6) is -11.5. The van der Waals surface area contributed by atoms with Gasteiger partial charge in [-0.1, -0.05) is 46.3 Å². The number of thioether (sulfide) groups is 1. The molecule has 0 aromatic rings. The van der Waals surface area contributed by atoms with Crippen LogP contribution >= 0.6 is 24.4 Å². The molecule has 1 unspecified atom stereocenters. The molecule has 0 saturated carbocycles. The number of thiol groups is 1. The molecule has 1 rings (SSSR count). The van der Waals surface area contributed by atoms with Crippen LogP contribution in [0.5, 0.6) is 0 Å². The van der Waals surface area contributed by atoms with Gasteiger partial charge < -0.3 is 74.6 Å². The van der Waals surface area contributed by atoms with Crippen LogP contribution in [0.15, 0.2) is 12.2 Å². The molecule has 1 heterocycles. The Bertz CT molecular complexity index is 2050. The van der Waals surface area contributed by atoms with E-state index >= 15 is 0 Å². The van der Waals surface area contributed by atoms with Gasteiger partial charge >= 0.3 is 5.97 Å². The SMILES string of the molecule is CC[C@H](C)[C@@H]1NC(=O)[C@H](C)NC(=O)[C@@](C)(NC(=O)[C@H](CCC(N)=O)NC(=O)[C@H](N)[C@@H](C)O)CCC/C=C/CCC[C@@](C)(C(=O)N[C@H](C(=O)N[C@H](C(=O)NCSC(C)S)[C@@H](C)O)C(C)C)NC(=O)[C@H](CC(=O)O)NC1=O. The zero-order valence-electron chi connectivity index (χ0n) is 44.7. The maximum absolute atomic E-state index is 14.5. The van der Waals surface area contributed by atoms with Crippen LogP contribution in [0, 0.1) is 11.8 Å². The number of aliphatic hydroxyl groups is 2. The summed E-state index contributed by atoms with van der Waals surface area (Å²) < 4.78 is -0.124. The van der Waals surface area contributed by atoms with Crippen LogP contribution in [-0.4, -0.2) is 156 Å². The Morgan fingerprint density at radius 2 is 1.40 bits per heavy atom. The Balaban J connectivity index is 3.80. The second-order valence-corrected chi connectivity index (χ2v) is 22.3. The van der Waals surface area contributed by atoms with Crippen LogP contribution in [0.4, 0.5) is 0 Å². The summed E-state index contributed by atoms with van der Waals surface area (Å²) in [7, 11) is 0. The van der Waals surface area contributed by atoms with Crippen molar-refractivity contribution in [2.24, 2.45) is 23.3 Å². The first kappa shape index (κ1) is 67.5. The Kier molecular flexibility index (Phi) is 28.9. The lowest BCUT2D eigenvalue weighted by Crippen LogP contribution is -2.65. The molecule has 1 aliphatic heterocycles. The van der Waals surface area contributed by atoms with Crippen molar-refractivity contribution in [3.63, 3.8) is 0 Å². The molecule has 0 aromatic heterocycles. The Morgan fingerprint density at radius 3 is 1.92 bits per heavy atom. The maximum Gasteiger partial charge on any atom is 0.305 e. The predicted molar refractivity (Wildman–Crippen MR) is 283 cm³/mol. The summed E-state index contributed by atoms with van der Waals surface area (Å²) >= 11 is 5.55. The molecule has 27 heteroatoms. The van der Waals surface area contributed by atoms with Crippen LogP contribution in [0.25, 0.3) is 0 Å². The van der Waals surface area contributed by atoms with Gasteiger partial charge in [0.2, 0.25) is 59.1 Å². The molecule has 10 amide bonds. The fraction of sp³-hybridized carbons (Fsp3) is 0.729. The van der Waals surface area contributed by atoms with Crippen molar-refractivity contribution in [2.75, 3.05) is 5.88 Å². The number of nitrogens with two attached hydrogens (primary N) is 2. The summed E-state index contributed by atoms with van der Waals surface area (Å²) in [5, 5.41) is 53.2. The fourth-order valence-electron chi connectivity index (χ4n) is 7.48. The second kappa shape index (κ2) is 32.2. The van der Waals surface area contributed by atoms with E-state index in [2.05, 4.69) is 60.5 Å². The first-order valence-corrected chi connectivity index (χ1v) is 26.7. The van der Waals surface area contributed by atoms with Crippen LogP contribution in [0.2, 0.25) is 0 Å². The minimum absolute atomic E-state index is 0.0539. The molecule has 16 N–H and O–H groups in total. The van der Waals surface area contributed by atoms with Crippen LogP contribution in [-0.2, 0) is 52.7 Å². The minimum Gasteiger partial charge on any atom is -0.481 e. The molecule has 13 atom stereocenters. The zero-order valence-corrected chi connectivity index (χ0v) is 46.4. The summed E-state index contributed by atoms with van der Waals surface area (Å²) in [5.41, 5.74) is 7.44. The van der Waals surface area contributed by atoms with Crippen molar-refractivity contribution < 1.29 is 68.1 Å². The fourth-order valence-corrected chi connectivity index (χ4v) is 8.17. The molecule has 426 valence electrons. The average molecular weight is 1100 g/mol. The van der Waals surface area contributed by atoms with Crippen molar-refractivity contribution >= 4 is 89.4 Å². The first-order valence-electron chi connectivity index (χ1n) is 25.1. The number of aliphatic hydroxyl groups excluding tert-OH is 2. The van der Waals surface area contributed by atoms with E-state index in [4.69, 9.17) is 11.5 Å². The van der Waals surface area contributed by atoms with Gasteiger partial charge in [0.25, 0.3) is 0 Å². The molecular formula is C48H83N11O14S2. The number of primary amides is 1. The summed E-state index contributed by atoms with van der Waals surface area (Å²) in [4.78, 5) is 148. The lowest BCUT2D eigenvalue weighted by atomic mass is 9.91. The number of rotatable bonds is 22. The summed E-state index contributed by atoms with van der Waals surface area (Å²) in [6.07, 6.45) is 0.397. The number of carboxylic acid groups (broad SMARTS) is 1. The number of allylic oxidation sites excluding steroid dienone is 2. The number of nitrogens with one attached hydrogen (secondary N) is 9. The summed E-state index contributed by atoms with van der Waals surface area (Å²) in [6, 6.07) is -10.3. The Hall–Kier alpha value is -5.51. The number of aliphatic carboxylic acids is 1. The van der Waals surface area contributed by atoms with Crippen molar-refractivity contribution in [2.45, 2.75) is 204 Å². The first-order chi connectivity index (χ1) is 34.8. The number of hydrogen-bond donors (Lipinski definition) is 15. The van der Waals surface area contributed by atoms with Crippen LogP contribution in [0.1, 0.15) is 133 Å². The molecule has 0 fully saturated rings. The van der Waals surface area contributed by atoms with E-state index in [-0.39, 0.29) is 55.4 Å². The highest BCUT2D eigenvalue weighted by Gasteiger charge is 2.42. The lowest BCUT2D eigenvalue weighted by molar-refractivity contribution is -0.143. The number of hydrogen-bond acceptors (Lipinski definition) is 16. The number of carboxylic acids is 1. The van der Waals surface area contributed by atoms with Gasteiger partial charge in [-0.15, -0.1) is 11.8 Å². The molecule has 0 saturated heterocycles. The Morgan fingerprint density at radius 1 is 0.800 bits per heavy atom. The van der Waals surface area contributed by atoms with Crippen molar-refractivity contribution in [3.05, 3.63) is 12.2 Å². The van der Waals surface area contributed by atoms with Gasteiger partial charge in [0.15, 0.2) is 0 Å². The largest absolute Gasteiger partial charge is 0.481 e. The smallest absolute Gasteiger partial charge is 0.305 e. The topological polar surface area (TPSA) is 409 Å². The molecular weight excluding hydrogens is 1020 g/mol. The van der Waals surface area contributed by atoms with E-state index in [1.165, 1.54) is 46.4 Å². The minimum atomic E-state index is -1.89. The second-order valence-electron chi connectivity index (χ2n) is 19.8. The van der Waals surface area contributed by atoms with Gasteiger partial charge in [0.1, 0.15) is 53.4 Å². The van der Waals surface area contributed by atoms with Gasteiger partial charge in [-0.2, -0.15) is 12.6 Å². The van der Waals surface area contributed by atoms with Gasteiger partial charge in [0.05, 0.1) is 24.5 Å². The zero-order chi connectivity index (χ0) is 57.5. The Labute approximate surface area is 448 Å². The van der Waals surface area contributed by atoms with Gasteiger partial charge in [-0.05, 0) is 98.3 Å². The standard InChI is InChI=1S/C48H83N11O14S2/c1-11-25(4)36-44(71)54-31(22-33(63)64)40(67)59-48(10,46(73)57-35(24(2)3)43(70)56-37(28(7)61)42(69)51-23-75-29(8)74)21-17-15-13-12-14-16-20-47(9,45(72)52-26(5)38(65)55-36)58-39(66)30(18-19-32(49)62)53-41(68)34(50)27(6)60/h12-13,24-31,34-37,60-61,74H,11,14-23,50H2,1-10H3,(H2,49,62)(H,51,69)(H,52,72)(H,53,68)(H,54,71)(H,55,65)(H,56,70)(H,57,73)(H,58,66)(H,59,67)(H,63,64)/b13-12+/t25-,26-,27+,28+,29?,30-,31-,34+,35-,36-,37-,47-,48-/m0/s1. The molecule has 0 bridgehead atoms. The third-order valence-corrected chi connectivity index (χ3v) is 13.9.